The van der Waals surface area contributed by atoms with Crippen LogP contribution in [0.15, 0.2) is 53.2 Å². The molecule has 2 N–H and O–H groups in total. The second-order valence-corrected chi connectivity index (χ2v) is 9.03. The number of hydrogen-bond acceptors (Lipinski definition) is 5. The van der Waals surface area contributed by atoms with Crippen molar-refractivity contribution in [1.29, 1.82) is 0 Å². The summed E-state index contributed by atoms with van der Waals surface area (Å²) in [6.45, 7) is 1.85. The fourth-order valence-corrected chi connectivity index (χ4v) is 4.51. The van der Waals surface area contributed by atoms with E-state index in [0.717, 1.165) is 36.1 Å². The van der Waals surface area contributed by atoms with Crippen LogP contribution in [-0.4, -0.2) is 30.9 Å². The highest BCUT2D eigenvalue weighted by molar-refractivity contribution is 6.53. The van der Waals surface area contributed by atoms with Crippen molar-refractivity contribution in [3.8, 4) is 5.75 Å². The van der Waals surface area contributed by atoms with Crippen molar-refractivity contribution in [1.82, 2.24) is 5.32 Å². The molecule has 34 heavy (non-hydrogen) atoms. The van der Waals surface area contributed by atoms with Gasteiger partial charge in [-0.05, 0) is 61.7 Å². The molecule has 1 aliphatic heterocycles. The third kappa shape index (κ3) is 4.94. The molecule has 7 nitrogen and oxygen atoms in total. The Morgan fingerprint density at radius 3 is 2.32 bits per heavy atom. The first-order valence-electron chi connectivity index (χ1n) is 11.5. The molecular formula is C26H28ClN3O4. The Bertz CT molecular complexity index is 1140. The van der Waals surface area contributed by atoms with Gasteiger partial charge in [0.1, 0.15) is 16.5 Å². The van der Waals surface area contributed by atoms with E-state index in [1.54, 1.807) is 42.5 Å². The number of carbonyl (C=O) groups is 3. The lowest BCUT2D eigenvalue weighted by atomic mass is 10.1. The van der Waals surface area contributed by atoms with E-state index in [-0.39, 0.29) is 22.7 Å². The van der Waals surface area contributed by atoms with Crippen LogP contribution in [-0.2, 0) is 9.59 Å². The zero-order valence-electron chi connectivity index (χ0n) is 19.3. The molecule has 1 heterocycles. The molecule has 0 aromatic heterocycles. The first kappa shape index (κ1) is 23.8. The van der Waals surface area contributed by atoms with E-state index in [2.05, 4.69) is 10.6 Å². The number of benzene rings is 2. The molecule has 2 aromatic carbocycles. The van der Waals surface area contributed by atoms with Crippen molar-refractivity contribution in [2.75, 3.05) is 17.3 Å². The van der Waals surface area contributed by atoms with Crippen LogP contribution < -0.4 is 20.3 Å². The first-order chi connectivity index (χ1) is 16.4. The van der Waals surface area contributed by atoms with Crippen LogP contribution in [0.2, 0.25) is 0 Å². The van der Waals surface area contributed by atoms with Gasteiger partial charge in [-0.3, -0.25) is 14.4 Å². The summed E-state index contributed by atoms with van der Waals surface area (Å²) < 4.78 is 5.13. The zero-order valence-corrected chi connectivity index (χ0v) is 20.1. The van der Waals surface area contributed by atoms with E-state index in [0.29, 0.717) is 22.7 Å². The van der Waals surface area contributed by atoms with Crippen LogP contribution in [0.3, 0.4) is 0 Å². The van der Waals surface area contributed by atoms with Gasteiger partial charge in [0, 0.05) is 17.3 Å². The number of aryl methyl sites for hydroxylation is 1. The minimum atomic E-state index is -0.612. The summed E-state index contributed by atoms with van der Waals surface area (Å²) in [6, 6.07) is 12.0. The predicted molar refractivity (Wildman–Crippen MR) is 132 cm³/mol. The van der Waals surface area contributed by atoms with Gasteiger partial charge in [-0.2, -0.15) is 0 Å². The Balaban J connectivity index is 1.52. The summed E-state index contributed by atoms with van der Waals surface area (Å²) in [5, 5.41) is 5.93. The third-order valence-electron chi connectivity index (χ3n) is 6.31. The fraction of sp³-hybridized carbons (Fsp3) is 0.346. The van der Waals surface area contributed by atoms with Gasteiger partial charge in [0.2, 0.25) is 0 Å². The van der Waals surface area contributed by atoms with Crippen LogP contribution >= 0.6 is 11.6 Å². The number of methoxy groups -OCH3 is 1. The van der Waals surface area contributed by atoms with Crippen molar-refractivity contribution in [2.24, 2.45) is 0 Å². The normalized spacial score (nSPS) is 17.1. The molecule has 8 heteroatoms. The van der Waals surface area contributed by atoms with E-state index >= 15 is 0 Å². The van der Waals surface area contributed by atoms with Crippen molar-refractivity contribution in [2.45, 2.75) is 51.5 Å². The fourth-order valence-electron chi connectivity index (χ4n) is 4.30. The molecule has 1 saturated carbocycles. The molecule has 1 fully saturated rings. The van der Waals surface area contributed by atoms with Crippen LogP contribution in [0.25, 0.3) is 0 Å². The molecule has 0 saturated heterocycles. The Kier molecular flexibility index (Phi) is 7.22. The Morgan fingerprint density at radius 2 is 1.68 bits per heavy atom. The molecule has 0 radical (unpaired) electrons. The quantitative estimate of drug-likeness (QED) is 0.453. The molecule has 2 aromatic rings. The Labute approximate surface area is 204 Å². The molecule has 178 valence electrons. The van der Waals surface area contributed by atoms with Crippen molar-refractivity contribution >= 4 is 40.7 Å². The van der Waals surface area contributed by atoms with Gasteiger partial charge in [-0.1, -0.05) is 43.4 Å². The van der Waals surface area contributed by atoms with Crippen LogP contribution in [0.1, 0.15) is 54.4 Å². The average Bonchev–Trinajstić information content (AvgIpc) is 3.01. The van der Waals surface area contributed by atoms with Gasteiger partial charge >= 0.3 is 0 Å². The maximum Gasteiger partial charge on any atom is 0.283 e. The highest BCUT2D eigenvalue weighted by Gasteiger charge is 2.39. The lowest BCUT2D eigenvalue weighted by Gasteiger charge is -2.18. The SMILES string of the molecule is COc1ccc(N2C(=O)C(Cl)=C(Nc3cc(C(=O)NC4CCCCCC4)ccc3C)C2=O)cc1. The largest absolute Gasteiger partial charge is 0.497 e. The van der Waals surface area contributed by atoms with Crippen LogP contribution in [0, 0.1) is 6.92 Å². The highest BCUT2D eigenvalue weighted by atomic mass is 35.5. The second-order valence-electron chi connectivity index (χ2n) is 8.65. The average molecular weight is 482 g/mol. The van der Waals surface area contributed by atoms with E-state index in [1.807, 2.05) is 6.92 Å². The molecule has 0 bridgehead atoms. The number of nitrogens with one attached hydrogen (secondary N) is 2. The van der Waals surface area contributed by atoms with Gasteiger partial charge in [0.15, 0.2) is 0 Å². The van der Waals surface area contributed by atoms with Crippen LogP contribution in [0.5, 0.6) is 5.75 Å². The smallest absolute Gasteiger partial charge is 0.283 e. The van der Waals surface area contributed by atoms with Gasteiger partial charge in [0.05, 0.1) is 12.8 Å². The van der Waals surface area contributed by atoms with E-state index in [9.17, 15) is 14.4 Å². The summed E-state index contributed by atoms with van der Waals surface area (Å²) in [7, 11) is 1.54. The summed E-state index contributed by atoms with van der Waals surface area (Å²) in [4.78, 5) is 39.8. The molecule has 2 aliphatic rings. The highest BCUT2D eigenvalue weighted by Crippen LogP contribution is 2.32. The molecule has 3 amide bonds. The van der Waals surface area contributed by atoms with E-state index in [4.69, 9.17) is 16.3 Å². The molecule has 4 rings (SSSR count). The maximum absolute atomic E-state index is 13.1. The van der Waals surface area contributed by atoms with Crippen molar-refractivity contribution in [3.63, 3.8) is 0 Å². The number of halogens is 1. The lowest BCUT2D eigenvalue weighted by Crippen LogP contribution is -2.34. The minimum absolute atomic E-state index is 0.0214. The minimum Gasteiger partial charge on any atom is -0.497 e. The molecule has 0 atom stereocenters. The maximum atomic E-state index is 13.1. The Hall–Kier alpha value is -3.32. The number of imide groups is 1. The van der Waals surface area contributed by atoms with E-state index < -0.39 is 11.8 Å². The topological polar surface area (TPSA) is 87.7 Å². The summed E-state index contributed by atoms with van der Waals surface area (Å²) in [5.41, 5.74) is 2.20. The lowest BCUT2D eigenvalue weighted by molar-refractivity contribution is -0.120. The molecule has 0 unspecified atom stereocenters. The van der Waals surface area contributed by atoms with Gasteiger partial charge in [-0.15, -0.1) is 0 Å². The Morgan fingerprint density at radius 1 is 1.00 bits per heavy atom. The standard InChI is InChI=1S/C26H28ClN3O4/c1-16-9-10-17(24(31)28-18-7-5-3-4-6-8-18)15-21(16)29-23-22(27)25(32)30(26(23)33)19-11-13-20(34-2)14-12-19/h9-15,18,29H,3-8H2,1-2H3,(H,28,31). The van der Waals surface area contributed by atoms with Gasteiger partial charge in [0.25, 0.3) is 17.7 Å². The zero-order chi connectivity index (χ0) is 24.2. The molecule has 0 spiro atoms. The predicted octanol–water partition coefficient (Wildman–Crippen LogP) is 4.89. The van der Waals surface area contributed by atoms with Crippen molar-refractivity contribution < 1.29 is 19.1 Å². The summed E-state index contributed by atoms with van der Waals surface area (Å²) in [6.07, 6.45) is 6.65. The van der Waals surface area contributed by atoms with E-state index in [1.165, 1.54) is 20.0 Å². The number of ether oxygens (including phenoxy) is 1. The van der Waals surface area contributed by atoms with Crippen molar-refractivity contribution in [3.05, 3.63) is 64.3 Å². The second kappa shape index (κ2) is 10.3. The van der Waals surface area contributed by atoms with Crippen LogP contribution in [0.4, 0.5) is 11.4 Å². The number of carbonyl (C=O) groups excluding carboxylic acids is 3. The number of nitrogens with zero attached hydrogens (tertiary/aromatic N) is 1. The van der Waals surface area contributed by atoms with Gasteiger partial charge < -0.3 is 15.4 Å². The number of hydrogen-bond donors (Lipinski definition) is 2. The van der Waals surface area contributed by atoms with Gasteiger partial charge in [-0.25, -0.2) is 4.90 Å². The number of anilines is 2. The monoisotopic (exact) mass is 481 g/mol. The molecule has 1 aliphatic carbocycles. The first-order valence-corrected chi connectivity index (χ1v) is 11.9. The number of rotatable bonds is 6. The third-order valence-corrected chi connectivity index (χ3v) is 6.66. The summed E-state index contributed by atoms with van der Waals surface area (Å²) >= 11 is 6.28. The molecular weight excluding hydrogens is 454 g/mol. The number of amides is 3. The summed E-state index contributed by atoms with van der Waals surface area (Å²) in [5.74, 6) is -0.717.